The van der Waals surface area contributed by atoms with Crippen LogP contribution in [0.25, 0.3) is 6.08 Å². The molecule has 1 atom stereocenters. The predicted molar refractivity (Wildman–Crippen MR) is 131 cm³/mol. The van der Waals surface area contributed by atoms with Gasteiger partial charge in [0.1, 0.15) is 5.75 Å². The van der Waals surface area contributed by atoms with Gasteiger partial charge in [0.2, 0.25) is 0 Å². The molecular formula is C26H24N2O6S. The highest BCUT2D eigenvalue weighted by molar-refractivity contribution is 7.07. The highest BCUT2D eigenvalue weighted by atomic mass is 32.1. The Bertz CT molecular complexity index is 1480. The lowest BCUT2D eigenvalue weighted by Crippen LogP contribution is -2.39. The Balaban J connectivity index is 1.87. The van der Waals surface area contributed by atoms with Gasteiger partial charge in [-0.05, 0) is 55.3 Å². The summed E-state index contributed by atoms with van der Waals surface area (Å²) in [6.07, 6.45) is 1.74. The van der Waals surface area contributed by atoms with Gasteiger partial charge in [-0.3, -0.25) is 9.36 Å². The molecule has 2 heterocycles. The number of fused-ring (bicyclic) bond motifs is 1. The van der Waals surface area contributed by atoms with Gasteiger partial charge in [0.25, 0.3) is 5.56 Å². The first-order valence-electron chi connectivity index (χ1n) is 10.9. The lowest BCUT2D eigenvalue weighted by atomic mass is 9.96. The van der Waals surface area contributed by atoms with Crippen LogP contribution in [0.3, 0.4) is 0 Å². The van der Waals surface area contributed by atoms with Crippen LogP contribution < -0.4 is 19.6 Å². The van der Waals surface area contributed by atoms with E-state index in [0.717, 1.165) is 11.1 Å². The van der Waals surface area contributed by atoms with E-state index in [1.807, 2.05) is 12.1 Å². The zero-order valence-corrected chi connectivity index (χ0v) is 20.5. The molecule has 0 N–H and O–H groups in total. The number of carbonyl (C=O) groups excluding carboxylic acids is 2. The fourth-order valence-electron chi connectivity index (χ4n) is 3.88. The standard InChI is InChI=1S/C26H24N2O6S/c1-5-34-25(31)21-15(2)27-26-28(22(21)17-10-12-19(32-3)13-11-17)23(29)20(35-26)14-16-6-8-18(9-7-16)24(30)33-4/h6-14,22H,5H2,1-4H3/b20-14+. The molecular weight excluding hydrogens is 468 g/mol. The Kier molecular flexibility index (Phi) is 6.97. The number of benzene rings is 2. The zero-order valence-electron chi connectivity index (χ0n) is 19.7. The number of nitrogens with zero attached hydrogens (tertiary/aromatic N) is 2. The number of aromatic nitrogens is 1. The molecule has 0 spiro atoms. The Morgan fingerprint density at radius 3 is 2.34 bits per heavy atom. The molecule has 180 valence electrons. The maximum atomic E-state index is 13.6. The number of carbonyl (C=O) groups is 2. The third-order valence-corrected chi connectivity index (χ3v) is 6.56. The van der Waals surface area contributed by atoms with E-state index in [4.69, 9.17) is 14.2 Å². The molecule has 8 nitrogen and oxygen atoms in total. The van der Waals surface area contributed by atoms with E-state index in [0.29, 0.717) is 31.9 Å². The van der Waals surface area contributed by atoms with E-state index in [2.05, 4.69) is 4.99 Å². The molecule has 35 heavy (non-hydrogen) atoms. The molecule has 9 heteroatoms. The minimum atomic E-state index is -0.694. The minimum Gasteiger partial charge on any atom is -0.497 e. The quantitative estimate of drug-likeness (QED) is 0.491. The Morgan fingerprint density at radius 2 is 1.74 bits per heavy atom. The molecule has 0 fully saturated rings. The number of rotatable bonds is 6. The molecule has 2 aromatic carbocycles. The molecule has 1 aliphatic heterocycles. The van der Waals surface area contributed by atoms with E-state index in [1.165, 1.54) is 23.0 Å². The molecule has 0 amide bonds. The summed E-state index contributed by atoms with van der Waals surface area (Å²) in [7, 11) is 2.90. The van der Waals surface area contributed by atoms with Crippen LogP contribution in [0.1, 0.15) is 41.4 Å². The number of ether oxygens (including phenoxy) is 3. The third-order valence-electron chi connectivity index (χ3n) is 5.58. The number of allylic oxidation sites excluding steroid dienone is 1. The second kappa shape index (κ2) is 10.1. The zero-order chi connectivity index (χ0) is 25.1. The van der Waals surface area contributed by atoms with Crippen molar-refractivity contribution in [2.75, 3.05) is 20.8 Å². The maximum Gasteiger partial charge on any atom is 0.338 e. The van der Waals surface area contributed by atoms with Gasteiger partial charge in [0.05, 0.1) is 48.2 Å². The van der Waals surface area contributed by atoms with Crippen molar-refractivity contribution in [3.63, 3.8) is 0 Å². The van der Waals surface area contributed by atoms with Gasteiger partial charge in [0.15, 0.2) is 4.80 Å². The molecule has 1 aliphatic rings. The average molecular weight is 493 g/mol. The molecule has 0 aliphatic carbocycles. The second-order valence-corrected chi connectivity index (χ2v) is 8.70. The van der Waals surface area contributed by atoms with Crippen LogP contribution >= 0.6 is 11.3 Å². The largest absolute Gasteiger partial charge is 0.497 e. The monoisotopic (exact) mass is 492 g/mol. The molecule has 3 aromatic rings. The SMILES string of the molecule is CCOC(=O)C1=C(C)N=c2s/c(=C/c3ccc(C(=O)OC)cc3)c(=O)n2C1c1ccc(OC)cc1. The van der Waals surface area contributed by atoms with E-state index in [9.17, 15) is 14.4 Å². The first-order valence-corrected chi connectivity index (χ1v) is 11.7. The molecule has 0 saturated carbocycles. The van der Waals surface area contributed by atoms with Crippen LogP contribution in [0.2, 0.25) is 0 Å². The van der Waals surface area contributed by atoms with Crippen LogP contribution in [-0.4, -0.2) is 37.3 Å². The fraction of sp³-hybridized carbons (Fsp3) is 0.231. The van der Waals surface area contributed by atoms with Crippen molar-refractivity contribution >= 4 is 29.4 Å². The third kappa shape index (κ3) is 4.67. The smallest absolute Gasteiger partial charge is 0.338 e. The number of thiazole rings is 1. The van der Waals surface area contributed by atoms with E-state index in [1.54, 1.807) is 63.4 Å². The summed E-state index contributed by atoms with van der Waals surface area (Å²) >= 11 is 1.23. The highest BCUT2D eigenvalue weighted by Gasteiger charge is 2.33. The average Bonchev–Trinajstić information content (AvgIpc) is 3.17. The van der Waals surface area contributed by atoms with Crippen LogP contribution in [0, 0.1) is 0 Å². The predicted octanol–water partition coefficient (Wildman–Crippen LogP) is 2.59. The first kappa shape index (κ1) is 24.2. The first-order chi connectivity index (χ1) is 16.9. The van der Waals surface area contributed by atoms with Crippen molar-refractivity contribution in [1.29, 1.82) is 0 Å². The van der Waals surface area contributed by atoms with Crippen molar-refractivity contribution < 1.29 is 23.8 Å². The van der Waals surface area contributed by atoms with Gasteiger partial charge in [0, 0.05) is 0 Å². The Morgan fingerprint density at radius 1 is 1.06 bits per heavy atom. The minimum absolute atomic E-state index is 0.205. The molecule has 0 saturated heterocycles. The highest BCUT2D eigenvalue weighted by Crippen LogP contribution is 2.31. The fourth-order valence-corrected chi connectivity index (χ4v) is 4.92. The Hall–Kier alpha value is -3.98. The summed E-state index contributed by atoms with van der Waals surface area (Å²) in [5.74, 6) is -0.283. The van der Waals surface area contributed by atoms with E-state index < -0.39 is 18.0 Å². The summed E-state index contributed by atoms with van der Waals surface area (Å²) in [5.41, 5.74) is 2.43. The molecule has 1 aromatic heterocycles. The van der Waals surface area contributed by atoms with Gasteiger partial charge in [-0.25, -0.2) is 14.6 Å². The normalized spacial score (nSPS) is 15.3. The number of methoxy groups -OCH3 is 2. The number of esters is 2. The van der Waals surface area contributed by atoms with E-state index >= 15 is 0 Å². The van der Waals surface area contributed by atoms with Crippen molar-refractivity contribution in [3.05, 3.63) is 96.2 Å². The maximum absolute atomic E-state index is 13.6. The van der Waals surface area contributed by atoms with E-state index in [-0.39, 0.29) is 12.2 Å². The molecule has 0 radical (unpaired) electrons. The lowest BCUT2D eigenvalue weighted by molar-refractivity contribution is -0.139. The van der Waals surface area contributed by atoms with Crippen molar-refractivity contribution in [2.24, 2.45) is 4.99 Å². The van der Waals surface area contributed by atoms with Gasteiger partial charge >= 0.3 is 11.9 Å². The van der Waals surface area contributed by atoms with Gasteiger partial charge < -0.3 is 14.2 Å². The van der Waals surface area contributed by atoms with Crippen molar-refractivity contribution in [1.82, 2.24) is 4.57 Å². The summed E-state index contributed by atoms with van der Waals surface area (Å²) in [4.78, 5) is 43.3. The summed E-state index contributed by atoms with van der Waals surface area (Å²) in [6.45, 7) is 3.68. The summed E-state index contributed by atoms with van der Waals surface area (Å²) in [5, 5.41) is 0. The molecule has 1 unspecified atom stereocenters. The lowest BCUT2D eigenvalue weighted by Gasteiger charge is -2.24. The molecule has 0 bridgehead atoms. The van der Waals surface area contributed by atoms with Gasteiger partial charge in [-0.2, -0.15) is 0 Å². The number of hydrogen-bond acceptors (Lipinski definition) is 8. The van der Waals surface area contributed by atoms with Crippen molar-refractivity contribution in [3.8, 4) is 5.75 Å². The molecule has 4 rings (SSSR count). The van der Waals surface area contributed by atoms with Crippen LogP contribution in [0.4, 0.5) is 0 Å². The second-order valence-electron chi connectivity index (χ2n) is 7.69. The van der Waals surface area contributed by atoms with Crippen LogP contribution in [0.5, 0.6) is 5.75 Å². The van der Waals surface area contributed by atoms with Crippen LogP contribution in [-0.2, 0) is 14.3 Å². The topological polar surface area (TPSA) is 96.2 Å². The van der Waals surface area contributed by atoms with Crippen LogP contribution in [0.15, 0.2) is 69.6 Å². The Labute approximate surface area is 205 Å². The number of hydrogen-bond donors (Lipinski definition) is 0. The van der Waals surface area contributed by atoms with Gasteiger partial charge in [-0.1, -0.05) is 35.6 Å². The summed E-state index contributed by atoms with van der Waals surface area (Å²) in [6, 6.07) is 13.3. The van der Waals surface area contributed by atoms with Crippen molar-refractivity contribution in [2.45, 2.75) is 19.9 Å². The summed E-state index contributed by atoms with van der Waals surface area (Å²) < 4.78 is 17.3. The van der Waals surface area contributed by atoms with Gasteiger partial charge in [-0.15, -0.1) is 0 Å².